The van der Waals surface area contributed by atoms with E-state index < -0.39 is 41.1 Å². The molecule has 1 aliphatic heterocycles. The number of hydrogen-bond acceptors (Lipinski definition) is 9. The molecule has 0 aromatic heterocycles. The van der Waals surface area contributed by atoms with Crippen LogP contribution in [0.5, 0.6) is 0 Å². The summed E-state index contributed by atoms with van der Waals surface area (Å²) in [6, 6.07) is 37.7. The lowest BCUT2D eigenvalue weighted by molar-refractivity contribution is -0.319. The SMILES string of the molecule is O=S(=O)([O-])O[C@H]1[C@@H](OCc2ccccc2)[C@@H](COCc2ccccc2)O[C@@H](OCc2ccccc2)[C@@H]1OCc1ccccc1. The second-order valence-corrected chi connectivity index (χ2v) is 11.3. The molecule has 0 aliphatic carbocycles. The topological polar surface area (TPSA) is 113 Å². The van der Waals surface area contributed by atoms with Gasteiger partial charge in [0, 0.05) is 0 Å². The molecular weight excluding hydrogens is 584 g/mol. The van der Waals surface area contributed by atoms with Gasteiger partial charge in [-0.15, -0.1) is 0 Å². The molecule has 232 valence electrons. The number of hydrogen-bond donors (Lipinski definition) is 0. The lowest BCUT2D eigenvalue weighted by atomic mass is 9.98. The van der Waals surface area contributed by atoms with Gasteiger partial charge in [0.1, 0.15) is 24.4 Å². The van der Waals surface area contributed by atoms with Gasteiger partial charge in [-0.05, 0) is 22.3 Å². The molecule has 4 aromatic carbocycles. The largest absolute Gasteiger partial charge is 0.726 e. The maximum Gasteiger partial charge on any atom is 0.218 e. The van der Waals surface area contributed by atoms with Gasteiger partial charge in [0.05, 0.1) is 33.0 Å². The van der Waals surface area contributed by atoms with E-state index in [0.717, 1.165) is 22.3 Å². The highest BCUT2D eigenvalue weighted by Gasteiger charge is 2.50. The minimum atomic E-state index is -5.19. The first-order chi connectivity index (χ1) is 21.4. The minimum absolute atomic E-state index is 0.00369. The summed E-state index contributed by atoms with van der Waals surface area (Å²) in [5, 5.41) is 0. The normalized spacial score (nSPS) is 22.1. The van der Waals surface area contributed by atoms with Crippen LogP contribution in [0.15, 0.2) is 121 Å². The van der Waals surface area contributed by atoms with Gasteiger partial charge in [-0.2, -0.15) is 0 Å². The van der Waals surface area contributed by atoms with Crippen molar-refractivity contribution in [3.8, 4) is 0 Å². The smallest absolute Gasteiger partial charge is 0.218 e. The van der Waals surface area contributed by atoms with E-state index in [9.17, 15) is 13.0 Å². The van der Waals surface area contributed by atoms with Crippen molar-refractivity contribution in [2.45, 2.75) is 57.1 Å². The standard InChI is InChI=1S/C34H36O9S/c35-44(36,37)43-32-31(39-22-27-15-7-2-8-16-27)30(25-38-21-26-13-5-1-6-14-26)42-34(41-24-29-19-11-4-12-20-29)33(32)40-23-28-17-9-3-10-18-28/h1-20,30-34H,21-25H2,(H,35,36,37)/p-1/t30-,31+,32+,33-,34-/m1/s1. The van der Waals surface area contributed by atoms with Gasteiger partial charge in [-0.1, -0.05) is 121 Å². The first-order valence-corrected chi connectivity index (χ1v) is 15.7. The fourth-order valence-electron chi connectivity index (χ4n) is 4.92. The van der Waals surface area contributed by atoms with Crippen LogP contribution in [0.3, 0.4) is 0 Å². The molecule has 0 unspecified atom stereocenters. The molecule has 1 aliphatic rings. The summed E-state index contributed by atoms with van der Waals surface area (Å²) in [5.41, 5.74) is 3.48. The van der Waals surface area contributed by atoms with Crippen LogP contribution in [0.2, 0.25) is 0 Å². The van der Waals surface area contributed by atoms with E-state index in [1.165, 1.54) is 0 Å². The van der Waals surface area contributed by atoms with E-state index in [-0.39, 0.29) is 33.0 Å². The van der Waals surface area contributed by atoms with Gasteiger partial charge in [-0.25, -0.2) is 8.42 Å². The lowest BCUT2D eigenvalue weighted by Gasteiger charge is -2.45. The maximum absolute atomic E-state index is 12.1. The van der Waals surface area contributed by atoms with Gasteiger partial charge in [-0.3, -0.25) is 4.18 Å². The Bertz CT molecular complexity index is 1490. The highest BCUT2D eigenvalue weighted by molar-refractivity contribution is 7.80. The molecule has 10 heteroatoms. The summed E-state index contributed by atoms with van der Waals surface area (Å²) in [7, 11) is -5.19. The third-order valence-corrected chi connectivity index (χ3v) is 7.50. The average molecular weight is 620 g/mol. The minimum Gasteiger partial charge on any atom is -0.726 e. The monoisotopic (exact) mass is 619 g/mol. The van der Waals surface area contributed by atoms with Gasteiger partial charge < -0.3 is 28.2 Å². The van der Waals surface area contributed by atoms with E-state index in [4.69, 9.17) is 27.9 Å². The van der Waals surface area contributed by atoms with Crippen LogP contribution in [0.4, 0.5) is 0 Å². The molecule has 5 atom stereocenters. The zero-order valence-corrected chi connectivity index (χ0v) is 24.9. The van der Waals surface area contributed by atoms with Gasteiger partial charge >= 0.3 is 0 Å². The van der Waals surface area contributed by atoms with Crippen molar-refractivity contribution < 1.29 is 40.8 Å². The van der Waals surface area contributed by atoms with Crippen LogP contribution in [-0.4, -0.2) is 50.3 Å². The van der Waals surface area contributed by atoms with Crippen molar-refractivity contribution in [3.63, 3.8) is 0 Å². The maximum atomic E-state index is 12.1. The molecule has 1 fully saturated rings. The molecule has 0 bridgehead atoms. The Kier molecular flexibility index (Phi) is 11.6. The second-order valence-electron chi connectivity index (χ2n) is 10.3. The summed E-state index contributed by atoms with van der Waals surface area (Å²) in [6.45, 7) is 0.606. The number of ether oxygens (including phenoxy) is 5. The van der Waals surface area contributed by atoms with Gasteiger partial charge in [0.2, 0.25) is 10.4 Å². The predicted molar refractivity (Wildman–Crippen MR) is 161 cm³/mol. The van der Waals surface area contributed by atoms with E-state index in [1.54, 1.807) is 0 Å². The van der Waals surface area contributed by atoms with Crippen LogP contribution >= 0.6 is 0 Å². The second kappa shape index (κ2) is 16.0. The van der Waals surface area contributed by atoms with Crippen LogP contribution in [-0.2, 0) is 64.7 Å². The highest BCUT2D eigenvalue weighted by atomic mass is 32.3. The zero-order chi connectivity index (χ0) is 30.6. The number of rotatable bonds is 15. The van der Waals surface area contributed by atoms with Crippen molar-refractivity contribution >= 4 is 10.4 Å². The molecule has 44 heavy (non-hydrogen) atoms. The molecular formula is C34H35O9S-. The van der Waals surface area contributed by atoms with Crippen molar-refractivity contribution in [2.75, 3.05) is 6.61 Å². The van der Waals surface area contributed by atoms with Crippen molar-refractivity contribution in [1.82, 2.24) is 0 Å². The Morgan fingerprint density at radius 3 is 1.41 bits per heavy atom. The summed E-state index contributed by atoms with van der Waals surface area (Å²) in [5.74, 6) is 0. The van der Waals surface area contributed by atoms with Gasteiger partial charge in [0.25, 0.3) is 0 Å². The predicted octanol–water partition coefficient (Wildman–Crippen LogP) is 5.16. The molecule has 0 radical (unpaired) electrons. The van der Waals surface area contributed by atoms with Crippen molar-refractivity contribution in [2.24, 2.45) is 0 Å². The summed E-state index contributed by atoms with van der Waals surface area (Å²) in [6.07, 6.45) is -5.59. The summed E-state index contributed by atoms with van der Waals surface area (Å²) >= 11 is 0. The molecule has 5 rings (SSSR count). The van der Waals surface area contributed by atoms with Crippen LogP contribution in [0.1, 0.15) is 22.3 Å². The van der Waals surface area contributed by atoms with Crippen LogP contribution in [0, 0.1) is 0 Å². The number of benzene rings is 4. The van der Waals surface area contributed by atoms with E-state index in [1.807, 2.05) is 121 Å². The Labute approximate surface area is 258 Å². The third kappa shape index (κ3) is 9.78. The first kappa shape index (κ1) is 32.0. The Balaban J connectivity index is 1.43. The van der Waals surface area contributed by atoms with E-state index in [2.05, 4.69) is 0 Å². The van der Waals surface area contributed by atoms with Crippen LogP contribution in [0.25, 0.3) is 0 Å². The molecule has 0 N–H and O–H groups in total. The lowest BCUT2D eigenvalue weighted by Crippen LogP contribution is -2.62. The Hall–Kier alpha value is -3.45. The molecule has 4 aromatic rings. The quantitative estimate of drug-likeness (QED) is 0.132. The summed E-state index contributed by atoms with van der Waals surface area (Å²) in [4.78, 5) is 0. The molecule has 0 spiro atoms. The van der Waals surface area contributed by atoms with Gasteiger partial charge in [0.15, 0.2) is 6.29 Å². The zero-order valence-electron chi connectivity index (χ0n) is 24.1. The average Bonchev–Trinajstić information content (AvgIpc) is 3.04. The van der Waals surface area contributed by atoms with Crippen molar-refractivity contribution in [1.29, 1.82) is 0 Å². The Morgan fingerprint density at radius 1 is 0.545 bits per heavy atom. The fourth-order valence-corrected chi connectivity index (χ4v) is 5.41. The highest BCUT2D eigenvalue weighted by Crippen LogP contribution is 2.32. The van der Waals surface area contributed by atoms with E-state index in [0.29, 0.717) is 0 Å². The molecule has 0 saturated carbocycles. The first-order valence-electron chi connectivity index (χ1n) is 14.3. The molecule has 9 nitrogen and oxygen atoms in total. The Morgan fingerprint density at radius 2 is 0.955 bits per heavy atom. The van der Waals surface area contributed by atoms with Crippen molar-refractivity contribution in [3.05, 3.63) is 144 Å². The van der Waals surface area contributed by atoms with Crippen LogP contribution < -0.4 is 0 Å². The molecule has 0 amide bonds. The molecule has 1 heterocycles. The fraction of sp³-hybridized carbons (Fsp3) is 0.294. The summed E-state index contributed by atoms with van der Waals surface area (Å²) < 4.78 is 72.7. The van der Waals surface area contributed by atoms with E-state index >= 15 is 0 Å². The third-order valence-electron chi connectivity index (χ3n) is 7.04. The molecule has 1 saturated heterocycles.